The number of pyridine rings is 1. The van der Waals surface area contributed by atoms with Crippen molar-refractivity contribution in [2.24, 2.45) is 11.7 Å². The molecule has 594 valence electrons. The van der Waals surface area contributed by atoms with E-state index in [-0.39, 0.29) is 75.6 Å². The van der Waals surface area contributed by atoms with Gasteiger partial charge in [-0.25, -0.2) is 4.79 Å². The Bertz CT molecular complexity index is 4230. The molecule has 1 aliphatic heterocycles. The molecule has 0 bridgehead atoms. The Balaban J connectivity index is 1.18. The van der Waals surface area contributed by atoms with Crippen LogP contribution >= 0.6 is 11.6 Å². The van der Waals surface area contributed by atoms with Gasteiger partial charge in [0.25, 0.3) is 5.69 Å². The average Bonchev–Trinajstić information content (AvgIpc) is 1.75. The third-order valence-corrected chi connectivity index (χ3v) is 19.5. The number of halogens is 1. The number of aromatic nitrogens is 1. The van der Waals surface area contributed by atoms with Gasteiger partial charge < -0.3 is 74.0 Å². The summed E-state index contributed by atoms with van der Waals surface area (Å²) in [4.78, 5) is 189. The predicted molar refractivity (Wildman–Crippen MR) is 420 cm³/mol. The van der Waals surface area contributed by atoms with E-state index in [0.29, 0.717) is 70.8 Å². The fourth-order valence-corrected chi connectivity index (χ4v) is 13.0. The van der Waals surface area contributed by atoms with Gasteiger partial charge in [-0.2, -0.15) is 0 Å². The monoisotopic (exact) mass is 1550 g/mol. The van der Waals surface area contributed by atoms with Crippen LogP contribution in [0.25, 0.3) is 10.8 Å². The van der Waals surface area contributed by atoms with Crippen LogP contribution in [0.1, 0.15) is 121 Å². The fraction of sp³-hybridized carbons (Fsp3) is 0.438. The van der Waals surface area contributed by atoms with E-state index in [2.05, 4.69) is 68.4 Å². The van der Waals surface area contributed by atoms with E-state index < -0.39 is 136 Å². The minimum atomic E-state index is -1.63. The number of likely N-dealkylation sites (tertiary alicyclic amines) is 1. The summed E-state index contributed by atoms with van der Waals surface area (Å²) in [6.45, 7) is 12.9. The molecule has 1 aliphatic rings. The number of nitrogens with two attached hydrogens (primary N) is 1. The topological polar surface area (TPSA) is 426 Å². The summed E-state index contributed by atoms with van der Waals surface area (Å²) in [5.74, 6) is -8.28. The summed E-state index contributed by atoms with van der Waals surface area (Å²) in [5, 5.41) is 44.1. The van der Waals surface area contributed by atoms with Crippen LogP contribution in [-0.2, 0) is 84.8 Å². The van der Waals surface area contributed by atoms with Crippen LogP contribution in [0, 0.1) is 16.0 Å². The molecule has 111 heavy (non-hydrogen) atoms. The summed E-state index contributed by atoms with van der Waals surface area (Å²) in [5.41, 5.74) is 7.88. The number of urea groups is 1. The van der Waals surface area contributed by atoms with Gasteiger partial charge in [-0.1, -0.05) is 117 Å². The van der Waals surface area contributed by atoms with Crippen molar-refractivity contribution in [2.45, 2.75) is 192 Å². The predicted octanol–water partition coefficient (Wildman–Crippen LogP) is 4.91. The van der Waals surface area contributed by atoms with Gasteiger partial charge >= 0.3 is 6.03 Å². The second-order valence-corrected chi connectivity index (χ2v) is 29.1. The van der Waals surface area contributed by atoms with Crippen LogP contribution in [0.3, 0.4) is 0 Å². The second kappa shape index (κ2) is 42.5. The van der Waals surface area contributed by atoms with Crippen LogP contribution in [0.2, 0.25) is 5.02 Å². The van der Waals surface area contributed by atoms with Crippen molar-refractivity contribution in [1.29, 1.82) is 0 Å². The number of nitro benzene ring substituents is 1. The first kappa shape index (κ1) is 86.8. The van der Waals surface area contributed by atoms with E-state index in [1.165, 1.54) is 74.6 Å². The third kappa shape index (κ3) is 27.3. The molecule has 0 unspecified atom stereocenters. The quantitative estimate of drug-likeness (QED) is 0.0138. The van der Waals surface area contributed by atoms with Gasteiger partial charge in [0, 0.05) is 93.9 Å². The highest BCUT2D eigenvalue weighted by Crippen LogP contribution is 2.24. The van der Waals surface area contributed by atoms with Crippen LogP contribution in [0.15, 0.2) is 140 Å². The van der Waals surface area contributed by atoms with Gasteiger partial charge in [-0.05, 0) is 154 Å². The Morgan fingerprint density at radius 1 is 0.568 bits per heavy atom. The lowest BCUT2D eigenvalue weighted by Crippen LogP contribution is -2.61. The number of rotatable bonds is 40. The first-order valence-electron chi connectivity index (χ1n) is 37.3. The van der Waals surface area contributed by atoms with E-state index in [0.717, 1.165) is 10.8 Å². The van der Waals surface area contributed by atoms with Gasteiger partial charge in [-0.15, -0.1) is 0 Å². The molecule has 1 aromatic heterocycles. The molecule has 0 saturated carbocycles. The number of hydrogen-bond acceptors (Lipinski definition) is 16. The van der Waals surface area contributed by atoms with Gasteiger partial charge in [0.1, 0.15) is 60.4 Å². The average molecular weight is 1550 g/mol. The van der Waals surface area contributed by atoms with Crippen molar-refractivity contribution < 1.29 is 62.5 Å². The Morgan fingerprint density at radius 3 is 1.55 bits per heavy atom. The van der Waals surface area contributed by atoms with Crippen molar-refractivity contribution in [3.8, 4) is 0 Å². The summed E-state index contributed by atoms with van der Waals surface area (Å²) in [7, 11) is 3.40. The molecule has 10 atom stereocenters. The normalized spacial score (nSPS) is 15.0. The molecule has 2 heterocycles. The maximum Gasteiger partial charge on any atom is 0.316 e. The number of nitro groups is 1. The SMILES string of the molecule is CC[C@H](NC(=O)[C@@H](Cc1cccnc1)NC(=O)[C@@H](Cc1ccc(Cl)cc1)NC(=O)[C@@H](Cc1ccc2ccccc2c1)NC(C)=O)C(=O)N[C@@H](Cc1ccc([N+](=O)[O-])cc1)C(=O)N[C@H](Cc1ccc(NC(N)=O)cc1)C(=O)N[C@@H](CC(C)C)C(=O)N[C@@H](CCCCN(C)C(C)C)C(=O)N1CCC[C@H]1C(=O)N[C@H](C)C(=O)NC. The van der Waals surface area contributed by atoms with Crippen molar-refractivity contribution in [3.63, 3.8) is 0 Å². The number of unbranched alkanes of at least 4 members (excludes halogenated alkanes) is 1. The van der Waals surface area contributed by atoms with Crippen LogP contribution in [0.4, 0.5) is 16.2 Å². The molecule has 1 fully saturated rings. The number of carbonyl (C=O) groups is 12. The lowest BCUT2D eigenvalue weighted by atomic mass is 9.99. The Labute approximate surface area is 651 Å². The standard InChI is InChI=1S/C80H103ClN16O14/c1-10-61(88-74(103)68(45-55-17-15-36-84-46-55)94-77(106)66(41-51-23-30-58(81)31-24-51)92-73(102)64(86-50(7)98)44-54-22-29-56-18-11-12-19-57(56)40-54)71(100)91-65(43-53-27-34-60(35-28-53)97(110)111)76(105)93-67(42-52-25-32-59(33-26-52)87-80(82)109)75(104)90-63(39-47(2)3)72(101)89-62(20-13-14-37-95(9)48(4)5)79(108)96-38-16-21-69(96)78(107)85-49(6)70(99)83-8/h11-12,15,17-19,22-36,40,46-49,61-69H,10,13-14,16,20-21,37-39,41-45H2,1-9H3,(H,83,99)(H,85,107)(H,86,98)(H,88,103)(H,89,101)(H,90,104)(H,91,100)(H,92,102)(H,93,105)(H,94,106)(H3,82,87,109)/t49-,61+,62+,63+,64-,65+,66-,67-,68-,69+/m1/s1. The van der Waals surface area contributed by atoms with Crippen molar-refractivity contribution in [3.05, 3.63) is 183 Å². The number of nitrogens with one attached hydrogen (secondary N) is 11. The number of amides is 13. The summed E-state index contributed by atoms with van der Waals surface area (Å²) in [6, 6.07) is 20.6. The smallest absolute Gasteiger partial charge is 0.316 e. The van der Waals surface area contributed by atoms with E-state index in [1.54, 1.807) is 55.5 Å². The van der Waals surface area contributed by atoms with Gasteiger partial charge in [-0.3, -0.25) is 67.8 Å². The highest BCUT2D eigenvalue weighted by atomic mass is 35.5. The molecule has 13 amide bonds. The molecule has 30 nitrogen and oxygen atoms in total. The van der Waals surface area contributed by atoms with Crippen molar-refractivity contribution in [2.75, 3.05) is 32.5 Å². The minimum Gasteiger partial charge on any atom is -0.357 e. The zero-order valence-electron chi connectivity index (χ0n) is 64.1. The van der Waals surface area contributed by atoms with E-state index in [4.69, 9.17) is 17.3 Å². The molecular weight excluding hydrogens is 1440 g/mol. The summed E-state index contributed by atoms with van der Waals surface area (Å²) >= 11 is 6.27. The van der Waals surface area contributed by atoms with Gasteiger partial charge in [0.15, 0.2) is 0 Å². The number of non-ortho nitro benzene ring substituents is 1. The van der Waals surface area contributed by atoms with E-state index in [9.17, 15) is 58.1 Å². The maximum absolute atomic E-state index is 15.3. The molecule has 0 radical (unpaired) electrons. The summed E-state index contributed by atoms with van der Waals surface area (Å²) in [6.07, 6.45) is 3.96. The largest absolute Gasteiger partial charge is 0.357 e. The highest BCUT2D eigenvalue weighted by Gasteiger charge is 2.41. The van der Waals surface area contributed by atoms with Crippen LogP contribution in [-0.4, -0.2) is 184 Å². The Hall–Kier alpha value is -11.4. The number of hydrogen-bond donors (Lipinski definition) is 12. The molecule has 6 aromatic rings. The molecular formula is C80H103ClN16O14. The molecule has 5 aromatic carbocycles. The van der Waals surface area contributed by atoms with E-state index in [1.807, 2.05) is 77.2 Å². The molecule has 31 heteroatoms. The first-order valence-corrected chi connectivity index (χ1v) is 37.7. The molecule has 0 spiro atoms. The molecule has 13 N–H and O–H groups in total. The minimum absolute atomic E-state index is 0.0158. The van der Waals surface area contributed by atoms with Gasteiger partial charge in [0.05, 0.1) is 4.92 Å². The number of anilines is 1. The Morgan fingerprint density at radius 2 is 1.05 bits per heavy atom. The lowest BCUT2D eigenvalue weighted by molar-refractivity contribution is -0.384. The fourth-order valence-electron chi connectivity index (χ4n) is 12.9. The number of likely N-dealkylation sites (N-methyl/N-ethyl adjacent to an activating group) is 1. The van der Waals surface area contributed by atoms with E-state index >= 15 is 9.59 Å². The number of benzene rings is 5. The van der Waals surface area contributed by atoms with Crippen molar-refractivity contribution >= 4 is 105 Å². The highest BCUT2D eigenvalue weighted by molar-refractivity contribution is 6.30. The summed E-state index contributed by atoms with van der Waals surface area (Å²) < 4.78 is 0. The van der Waals surface area contributed by atoms with Gasteiger partial charge in [0.2, 0.25) is 65.0 Å². The van der Waals surface area contributed by atoms with Crippen molar-refractivity contribution in [1.82, 2.24) is 68.0 Å². The lowest BCUT2D eigenvalue weighted by Gasteiger charge is -2.31. The third-order valence-electron chi connectivity index (χ3n) is 19.2. The molecule has 0 aliphatic carbocycles. The van der Waals surface area contributed by atoms with Crippen LogP contribution < -0.4 is 64.2 Å². The zero-order chi connectivity index (χ0) is 81.0. The number of carbonyl (C=O) groups excluding carboxylic acids is 12. The zero-order valence-corrected chi connectivity index (χ0v) is 64.8. The Kier molecular flexibility index (Phi) is 33.3. The molecule has 1 saturated heterocycles. The molecule has 7 rings (SSSR count). The van der Waals surface area contributed by atoms with Crippen LogP contribution in [0.5, 0.6) is 0 Å². The maximum atomic E-state index is 15.3. The number of fused-ring (bicyclic) bond motifs is 1. The number of primary amides is 1. The first-order chi connectivity index (χ1) is 52.9. The second-order valence-electron chi connectivity index (χ2n) is 28.6. The number of nitrogens with zero attached hydrogens (tertiary/aromatic N) is 4.